The summed E-state index contributed by atoms with van der Waals surface area (Å²) in [4.78, 5) is 31.0. The molecule has 2 aromatic heterocycles. The number of rotatable bonds is 8. The second-order valence-corrected chi connectivity index (χ2v) is 7.86. The summed E-state index contributed by atoms with van der Waals surface area (Å²) in [5.74, 6) is -0.125. The topological polar surface area (TPSA) is 131 Å². The Kier molecular flexibility index (Phi) is 7.84. The van der Waals surface area contributed by atoms with Crippen molar-refractivity contribution in [1.29, 1.82) is 0 Å². The van der Waals surface area contributed by atoms with Crippen molar-refractivity contribution in [2.45, 2.75) is 56.8 Å². The van der Waals surface area contributed by atoms with Gasteiger partial charge in [0.05, 0.1) is 31.0 Å². The Morgan fingerprint density at radius 2 is 2.06 bits per heavy atom. The first kappa shape index (κ1) is 24.4. The SMILES string of the molecule is COC[C@H](C)NC(=O)O[C@@H]1CC[C@H](c2cc(NC(=O)Cc3cnc(C(F)(F)F)cn3)n[nH]2)C1. The van der Waals surface area contributed by atoms with Crippen LogP contribution in [0.5, 0.6) is 0 Å². The van der Waals surface area contributed by atoms with Gasteiger partial charge in [-0.2, -0.15) is 18.3 Å². The highest BCUT2D eigenvalue weighted by atomic mass is 19.4. The summed E-state index contributed by atoms with van der Waals surface area (Å²) in [5.41, 5.74) is -0.228. The number of hydrogen-bond donors (Lipinski definition) is 3. The van der Waals surface area contributed by atoms with Crippen molar-refractivity contribution in [3.05, 3.63) is 35.5 Å². The van der Waals surface area contributed by atoms with Crippen LogP contribution in [0.2, 0.25) is 0 Å². The molecule has 1 fully saturated rings. The number of hydrogen-bond acceptors (Lipinski definition) is 7. The maximum absolute atomic E-state index is 12.5. The van der Waals surface area contributed by atoms with E-state index in [1.54, 1.807) is 13.2 Å². The van der Waals surface area contributed by atoms with Crippen LogP contribution in [-0.2, 0) is 26.9 Å². The zero-order valence-electron chi connectivity index (χ0n) is 18.1. The van der Waals surface area contributed by atoms with Crippen LogP contribution < -0.4 is 10.6 Å². The lowest BCUT2D eigenvalue weighted by atomic mass is 10.0. The first-order valence-corrected chi connectivity index (χ1v) is 10.3. The van der Waals surface area contributed by atoms with Crippen LogP contribution in [0.4, 0.5) is 23.8 Å². The van der Waals surface area contributed by atoms with E-state index in [4.69, 9.17) is 9.47 Å². The molecule has 1 aliphatic rings. The fourth-order valence-corrected chi connectivity index (χ4v) is 3.56. The maximum atomic E-state index is 12.5. The van der Waals surface area contributed by atoms with Crippen molar-refractivity contribution in [3.8, 4) is 0 Å². The predicted molar refractivity (Wildman–Crippen MR) is 109 cm³/mol. The molecule has 2 heterocycles. The number of nitrogens with zero attached hydrogens (tertiary/aromatic N) is 3. The zero-order chi connectivity index (χ0) is 24.0. The van der Waals surface area contributed by atoms with E-state index in [0.29, 0.717) is 25.6 Å². The summed E-state index contributed by atoms with van der Waals surface area (Å²) in [6, 6.07) is 1.52. The molecule has 0 aliphatic heterocycles. The molecule has 2 amide bonds. The zero-order valence-corrected chi connectivity index (χ0v) is 18.1. The second kappa shape index (κ2) is 10.6. The van der Waals surface area contributed by atoms with Gasteiger partial charge in [0, 0.05) is 31.0 Å². The number of alkyl carbamates (subject to hydrolysis) is 1. The van der Waals surface area contributed by atoms with Gasteiger partial charge >= 0.3 is 12.3 Å². The molecule has 3 atom stereocenters. The minimum atomic E-state index is -4.59. The van der Waals surface area contributed by atoms with E-state index in [2.05, 4.69) is 30.8 Å². The minimum Gasteiger partial charge on any atom is -0.446 e. The third-order valence-corrected chi connectivity index (χ3v) is 5.08. The Morgan fingerprint density at radius 3 is 2.73 bits per heavy atom. The van der Waals surface area contributed by atoms with E-state index in [1.807, 2.05) is 6.92 Å². The molecule has 3 N–H and O–H groups in total. The number of aromatic nitrogens is 4. The highest BCUT2D eigenvalue weighted by Gasteiger charge is 2.33. The lowest BCUT2D eigenvalue weighted by Crippen LogP contribution is -2.37. The van der Waals surface area contributed by atoms with Gasteiger partial charge in [-0.05, 0) is 26.2 Å². The molecule has 0 saturated heterocycles. The molecule has 180 valence electrons. The fourth-order valence-electron chi connectivity index (χ4n) is 3.56. The highest BCUT2D eigenvalue weighted by molar-refractivity contribution is 5.91. The largest absolute Gasteiger partial charge is 0.446 e. The standard InChI is InChI=1S/C20H25F3N6O4/c1-11(10-32-2)26-19(31)33-14-4-3-12(5-14)15-7-17(29-28-15)27-18(30)6-13-8-25-16(9-24-13)20(21,22)23/h7-9,11-12,14H,3-6,10H2,1-2H3,(H,26,31)(H2,27,28,29,30)/t11-,12-,14+/m0/s1. The molecule has 0 aromatic carbocycles. The minimum absolute atomic E-state index is 0.0816. The van der Waals surface area contributed by atoms with Gasteiger partial charge in [0.25, 0.3) is 0 Å². The Bertz CT molecular complexity index is 950. The number of nitrogens with one attached hydrogen (secondary N) is 3. The van der Waals surface area contributed by atoms with Crippen molar-refractivity contribution in [3.63, 3.8) is 0 Å². The molecule has 0 spiro atoms. The van der Waals surface area contributed by atoms with Crippen LogP contribution in [0, 0.1) is 0 Å². The van der Waals surface area contributed by atoms with Crippen molar-refractivity contribution >= 4 is 17.8 Å². The number of H-pyrrole nitrogens is 1. The summed E-state index contributed by atoms with van der Waals surface area (Å²) >= 11 is 0. The molecule has 33 heavy (non-hydrogen) atoms. The van der Waals surface area contributed by atoms with Crippen LogP contribution in [0.3, 0.4) is 0 Å². The van der Waals surface area contributed by atoms with E-state index in [0.717, 1.165) is 18.3 Å². The van der Waals surface area contributed by atoms with Gasteiger partial charge in [-0.25, -0.2) is 9.78 Å². The van der Waals surface area contributed by atoms with Crippen molar-refractivity contribution < 1.29 is 32.2 Å². The van der Waals surface area contributed by atoms with Crippen LogP contribution in [0.15, 0.2) is 18.5 Å². The molecule has 13 heteroatoms. The highest BCUT2D eigenvalue weighted by Crippen LogP contribution is 2.35. The van der Waals surface area contributed by atoms with Crippen molar-refractivity contribution in [2.24, 2.45) is 0 Å². The molecule has 2 aromatic rings. The molecule has 0 radical (unpaired) electrons. The van der Waals surface area contributed by atoms with Crippen LogP contribution >= 0.6 is 0 Å². The first-order valence-electron chi connectivity index (χ1n) is 10.3. The number of halogens is 3. The Morgan fingerprint density at radius 1 is 1.27 bits per heavy atom. The van der Waals surface area contributed by atoms with Gasteiger partial charge in [0.15, 0.2) is 11.5 Å². The van der Waals surface area contributed by atoms with Crippen LogP contribution in [0.25, 0.3) is 0 Å². The molecular weight excluding hydrogens is 445 g/mol. The number of alkyl halides is 3. The lowest BCUT2D eigenvalue weighted by molar-refractivity contribution is -0.141. The van der Waals surface area contributed by atoms with E-state index >= 15 is 0 Å². The van der Waals surface area contributed by atoms with Gasteiger partial charge in [-0.3, -0.25) is 14.9 Å². The van der Waals surface area contributed by atoms with Crippen LogP contribution in [0.1, 0.15) is 49.2 Å². The number of anilines is 1. The Labute approximate surface area is 187 Å². The quantitative estimate of drug-likeness (QED) is 0.541. The lowest BCUT2D eigenvalue weighted by Gasteiger charge is -2.16. The Hall–Kier alpha value is -3.22. The molecule has 1 saturated carbocycles. The maximum Gasteiger partial charge on any atom is 0.434 e. The average Bonchev–Trinajstić information content (AvgIpc) is 3.37. The number of carbonyl (C=O) groups is 2. The number of methoxy groups -OCH3 is 1. The van der Waals surface area contributed by atoms with Gasteiger partial charge in [-0.15, -0.1) is 0 Å². The van der Waals surface area contributed by atoms with Crippen molar-refractivity contribution in [2.75, 3.05) is 19.0 Å². The summed E-state index contributed by atoms with van der Waals surface area (Å²) in [6.45, 7) is 2.20. The first-order chi connectivity index (χ1) is 15.6. The van der Waals surface area contributed by atoms with E-state index < -0.39 is 23.9 Å². The number of amides is 2. The third kappa shape index (κ3) is 7.14. The van der Waals surface area contributed by atoms with E-state index in [-0.39, 0.29) is 36.0 Å². The molecule has 0 bridgehead atoms. The van der Waals surface area contributed by atoms with Gasteiger partial charge < -0.3 is 20.1 Å². The third-order valence-electron chi connectivity index (χ3n) is 5.08. The van der Waals surface area contributed by atoms with Gasteiger partial charge in [-0.1, -0.05) is 0 Å². The summed E-state index contributed by atoms with van der Waals surface area (Å²) in [5, 5.41) is 12.2. The number of ether oxygens (including phenoxy) is 2. The van der Waals surface area contributed by atoms with E-state index in [1.165, 1.54) is 0 Å². The van der Waals surface area contributed by atoms with Gasteiger partial charge in [0.1, 0.15) is 6.10 Å². The fraction of sp³-hybridized carbons (Fsp3) is 0.550. The van der Waals surface area contributed by atoms with Gasteiger partial charge in [0.2, 0.25) is 5.91 Å². The summed E-state index contributed by atoms with van der Waals surface area (Å²) in [6.07, 6.45) is -1.96. The molecular formula is C20H25F3N6O4. The van der Waals surface area contributed by atoms with E-state index in [9.17, 15) is 22.8 Å². The smallest absolute Gasteiger partial charge is 0.434 e. The second-order valence-electron chi connectivity index (χ2n) is 7.86. The molecule has 10 nitrogen and oxygen atoms in total. The molecule has 3 rings (SSSR count). The molecule has 1 aliphatic carbocycles. The summed E-state index contributed by atoms with van der Waals surface area (Å²) in [7, 11) is 1.55. The van der Waals surface area contributed by atoms with Crippen molar-refractivity contribution in [1.82, 2.24) is 25.5 Å². The monoisotopic (exact) mass is 470 g/mol. The summed E-state index contributed by atoms with van der Waals surface area (Å²) < 4.78 is 48.0. The normalized spacial score (nSPS) is 19.2. The molecule has 0 unspecified atom stereocenters. The predicted octanol–water partition coefficient (Wildman–Crippen LogP) is 2.80. The number of carbonyl (C=O) groups excluding carboxylic acids is 2. The number of aromatic amines is 1. The Balaban J connectivity index is 1.47. The van der Waals surface area contributed by atoms with Crippen LogP contribution in [-0.4, -0.2) is 58.0 Å². The average molecular weight is 470 g/mol.